The fourth-order valence-electron chi connectivity index (χ4n) is 2.93. The van der Waals surface area contributed by atoms with Crippen molar-refractivity contribution >= 4 is 17.3 Å². The zero-order valence-electron chi connectivity index (χ0n) is 14.8. The third-order valence-electron chi connectivity index (χ3n) is 4.48. The summed E-state index contributed by atoms with van der Waals surface area (Å²) in [6.07, 6.45) is 4.77. The average molecular weight is 361 g/mol. The molecule has 0 spiro atoms. The molecule has 0 bridgehead atoms. The zero-order valence-corrected chi connectivity index (χ0v) is 15.6. The number of hydrogen-bond acceptors (Lipinski definition) is 3. The van der Waals surface area contributed by atoms with Crippen LogP contribution in [0.3, 0.4) is 0 Å². The van der Waals surface area contributed by atoms with Gasteiger partial charge >= 0.3 is 0 Å². The van der Waals surface area contributed by atoms with Gasteiger partial charge in [-0.25, -0.2) is 9.37 Å². The Labute approximate surface area is 152 Å². The average Bonchev–Trinajstić information content (AvgIpc) is 3.28. The number of hydrogen-bond donors (Lipinski definition) is 2. The highest BCUT2D eigenvalue weighted by atomic mass is 32.1. The Bertz CT molecular complexity index is 737. The molecule has 1 fully saturated rings. The van der Waals surface area contributed by atoms with E-state index in [-0.39, 0.29) is 11.2 Å². The summed E-state index contributed by atoms with van der Waals surface area (Å²) in [4.78, 5) is 10.3. The van der Waals surface area contributed by atoms with E-state index in [1.165, 1.54) is 4.88 Å². The Balaban J connectivity index is 1.59. The van der Waals surface area contributed by atoms with Gasteiger partial charge in [-0.2, -0.15) is 0 Å². The molecule has 2 N–H and O–H groups in total. The number of aliphatic imine (C=N–C) groups is 1. The molecule has 0 saturated heterocycles. The molecular weight excluding hydrogens is 335 g/mol. The molecule has 1 saturated carbocycles. The Kier molecular flexibility index (Phi) is 5.68. The predicted molar refractivity (Wildman–Crippen MR) is 102 cm³/mol. The minimum Gasteiger partial charge on any atom is -0.357 e. The van der Waals surface area contributed by atoms with Crippen molar-refractivity contribution < 1.29 is 4.39 Å². The van der Waals surface area contributed by atoms with Crippen LogP contribution < -0.4 is 10.6 Å². The smallest absolute Gasteiger partial charge is 0.191 e. The van der Waals surface area contributed by atoms with Crippen molar-refractivity contribution in [2.24, 2.45) is 4.99 Å². The third-order valence-corrected chi connectivity index (χ3v) is 5.46. The summed E-state index contributed by atoms with van der Waals surface area (Å²) in [6, 6.07) is 7.08. The number of aromatic nitrogens is 1. The molecule has 0 radical (unpaired) electrons. The number of guanidine groups is 1. The minimum atomic E-state index is -0.125. The number of nitrogens with one attached hydrogen (secondary N) is 2. The molecule has 2 aromatic rings. The van der Waals surface area contributed by atoms with E-state index in [0.717, 1.165) is 48.9 Å². The van der Waals surface area contributed by atoms with Crippen molar-refractivity contribution in [1.29, 1.82) is 0 Å². The molecule has 0 unspecified atom stereocenters. The molecule has 4 nitrogen and oxygen atoms in total. The highest BCUT2D eigenvalue weighted by Gasteiger charge is 2.45. The van der Waals surface area contributed by atoms with Crippen molar-refractivity contribution in [2.45, 2.75) is 38.5 Å². The topological polar surface area (TPSA) is 49.3 Å². The van der Waals surface area contributed by atoms with E-state index >= 15 is 0 Å². The van der Waals surface area contributed by atoms with E-state index in [1.54, 1.807) is 23.5 Å². The van der Waals surface area contributed by atoms with Gasteiger partial charge in [-0.1, -0.05) is 18.2 Å². The molecular formula is C19H25FN4S. The first-order valence-corrected chi connectivity index (χ1v) is 9.63. The van der Waals surface area contributed by atoms with Gasteiger partial charge in [-0.3, -0.25) is 4.99 Å². The maximum absolute atomic E-state index is 14.1. The number of aryl methyl sites for hydroxylation is 1. The number of rotatable bonds is 7. The highest BCUT2D eigenvalue weighted by molar-refractivity contribution is 7.11. The van der Waals surface area contributed by atoms with Crippen LogP contribution in [0, 0.1) is 12.7 Å². The summed E-state index contributed by atoms with van der Waals surface area (Å²) in [7, 11) is 0. The minimum absolute atomic E-state index is 0.118. The zero-order chi connectivity index (χ0) is 17.7. The van der Waals surface area contributed by atoms with E-state index in [4.69, 9.17) is 4.99 Å². The third kappa shape index (κ3) is 4.57. The Hall–Kier alpha value is -1.95. The first-order chi connectivity index (χ1) is 12.1. The predicted octanol–water partition coefficient (Wildman–Crippen LogP) is 3.42. The van der Waals surface area contributed by atoms with E-state index in [2.05, 4.69) is 22.5 Å². The second-order valence-electron chi connectivity index (χ2n) is 6.50. The maximum atomic E-state index is 14.1. The lowest BCUT2D eigenvalue weighted by Crippen LogP contribution is -2.39. The summed E-state index contributed by atoms with van der Waals surface area (Å²) in [5.74, 6) is 0.672. The molecule has 25 heavy (non-hydrogen) atoms. The fraction of sp³-hybridized carbons (Fsp3) is 0.474. The van der Waals surface area contributed by atoms with Crippen molar-refractivity contribution in [3.05, 3.63) is 51.7 Å². The Morgan fingerprint density at radius 1 is 1.32 bits per heavy atom. The van der Waals surface area contributed by atoms with Crippen LogP contribution in [0.2, 0.25) is 0 Å². The summed E-state index contributed by atoms with van der Waals surface area (Å²) in [5.41, 5.74) is 0.674. The van der Waals surface area contributed by atoms with E-state index in [1.807, 2.05) is 25.3 Å². The molecule has 1 aromatic heterocycles. The Morgan fingerprint density at radius 3 is 2.76 bits per heavy atom. The van der Waals surface area contributed by atoms with Gasteiger partial charge in [0.05, 0.1) is 11.6 Å². The highest BCUT2D eigenvalue weighted by Crippen LogP contribution is 2.49. The molecule has 1 aliphatic rings. The first-order valence-electron chi connectivity index (χ1n) is 8.81. The molecule has 0 atom stereocenters. The number of halogens is 1. The second kappa shape index (κ2) is 7.95. The summed E-state index contributed by atoms with van der Waals surface area (Å²) in [5, 5.41) is 7.76. The van der Waals surface area contributed by atoms with Crippen LogP contribution in [0.15, 0.2) is 35.5 Å². The van der Waals surface area contributed by atoms with Crippen molar-refractivity contribution in [1.82, 2.24) is 15.6 Å². The molecule has 1 heterocycles. The van der Waals surface area contributed by atoms with Gasteiger partial charge in [-0.05, 0) is 38.3 Å². The lowest BCUT2D eigenvalue weighted by atomic mass is 9.95. The summed E-state index contributed by atoms with van der Waals surface area (Å²) >= 11 is 1.73. The van der Waals surface area contributed by atoms with Gasteiger partial charge in [0.1, 0.15) is 5.82 Å². The number of thiazole rings is 1. The van der Waals surface area contributed by atoms with E-state index < -0.39 is 0 Å². The Morgan fingerprint density at radius 2 is 2.12 bits per heavy atom. The van der Waals surface area contributed by atoms with Gasteiger partial charge in [0.2, 0.25) is 0 Å². The van der Waals surface area contributed by atoms with Crippen LogP contribution >= 0.6 is 11.3 Å². The van der Waals surface area contributed by atoms with Gasteiger partial charge < -0.3 is 10.6 Å². The largest absolute Gasteiger partial charge is 0.357 e. The summed E-state index contributed by atoms with van der Waals surface area (Å²) < 4.78 is 14.1. The SMILES string of the molecule is CCNC(=NCC1(c2ccccc2F)CC1)NCCc1ncc(C)s1. The molecule has 0 aliphatic heterocycles. The lowest BCUT2D eigenvalue weighted by Gasteiger charge is -2.16. The van der Waals surface area contributed by atoms with Crippen molar-refractivity contribution in [2.75, 3.05) is 19.6 Å². The summed E-state index contributed by atoms with van der Waals surface area (Å²) in [6.45, 7) is 6.31. The van der Waals surface area contributed by atoms with Crippen LogP contribution in [-0.2, 0) is 11.8 Å². The van der Waals surface area contributed by atoms with Crippen LogP contribution in [-0.4, -0.2) is 30.6 Å². The molecule has 6 heteroatoms. The molecule has 3 rings (SSSR count). The van der Waals surface area contributed by atoms with Gasteiger partial charge in [-0.15, -0.1) is 11.3 Å². The van der Waals surface area contributed by atoms with Crippen LogP contribution in [0.25, 0.3) is 0 Å². The molecule has 134 valence electrons. The monoisotopic (exact) mass is 360 g/mol. The first kappa shape index (κ1) is 17.9. The van der Waals surface area contributed by atoms with Crippen molar-refractivity contribution in [3.63, 3.8) is 0 Å². The van der Waals surface area contributed by atoms with E-state index in [9.17, 15) is 4.39 Å². The number of benzene rings is 1. The van der Waals surface area contributed by atoms with E-state index in [0.29, 0.717) is 6.54 Å². The lowest BCUT2D eigenvalue weighted by molar-refractivity contribution is 0.572. The second-order valence-corrected chi connectivity index (χ2v) is 7.82. The van der Waals surface area contributed by atoms with Crippen LogP contribution in [0.1, 0.15) is 35.2 Å². The standard InChI is InChI=1S/C19H25FN4S/c1-3-21-18(22-11-8-17-23-12-14(2)25-17)24-13-19(9-10-19)15-6-4-5-7-16(15)20/h4-7,12H,3,8-11,13H2,1-2H3,(H2,21,22,24). The van der Waals surface area contributed by atoms with Gasteiger partial charge in [0.15, 0.2) is 5.96 Å². The molecule has 0 amide bonds. The van der Waals surface area contributed by atoms with Gasteiger partial charge in [0, 0.05) is 36.0 Å². The van der Waals surface area contributed by atoms with Gasteiger partial charge in [0.25, 0.3) is 0 Å². The normalized spacial score (nSPS) is 15.9. The van der Waals surface area contributed by atoms with Crippen molar-refractivity contribution in [3.8, 4) is 0 Å². The molecule has 1 aromatic carbocycles. The van der Waals surface area contributed by atoms with Crippen LogP contribution in [0.4, 0.5) is 4.39 Å². The van der Waals surface area contributed by atoms with Crippen LogP contribution in [0.5, 0.6) is 0 Å². The quantitative estimate of drug-likeness (QED) is 0.588. The number of nitrogens with zero attached hydrogens (tertiary/aromatic N) is 2. The fourth-order valence-corrected chi connectivity index (χ4v) is 3.72. The molecule has 1 aliphatic carbocycles. The maximum Gasteiger partial charge on any atom is 0.191 e.